The molecular formula is C14H9BrFNOS. The first-order valence-corrected chi connectivity index (χ1v) is 7.34. The average molecular weight is 338 g/mol. The molecule has 1 N–H and O–H groups in total. The monoisotopic (exact) mass is 337 g/mol. The zero-order chi connectivity index (χ0) is 13.4. The summed E-state index contributed by atoms with van der Waals surface area (Å²) in [6.45, 7) is 0. The Morgan fingerprint density at radius 1 is 1.21 bits per heavy atom. The number of fused-ring (bicyclic) bond motifs is 1. The molecule has 2 aromatic rings. The summed E-state index contributed by atoms with van der Waals surface area (Å²) in [5.41, 5.74) is 1.46. The Kier molecular flexibility index (Phi) is 3.33. The van der Waals surface area contributed by atoms with Crippen molar-refractivity contribution in [2.45, 2.75) is 10.1 Å². The van der Waals surface area contributed by atoms with Crippen LogP contribution in [0.1, 0.15) is 10.8 Å². The van der Waals surface area contributed by atoms with Crippen molar-refractivity contribution in [1.82, 2.24) is 0 Å². The fraction of sp³-hybridized carbons (Fsp3) is 0.0714. The quantitative estimate of drug-likeness (QED) is 0.836. The second-order valence-corrected chi connectivity index (χ2v) is 6.16. The van der Waals surface area contributed by atoms with Gasteiger partial charge in [0.15, 0.2) is 0 Å². The standard InChI is InChI=1S/C14H9BrFNOS/c15-10-5-2-6-11-12(10)17-14(18)13(19-11)8-3-1-4-9(16)7-8/h1-7,13H,(H,17,18). The van der Waals surface area contributed by atoms with Crippen LogP contribution in [0.4, 0.5) is 10.1 Å². The summed E-state index contributed by atoms with van der Waals surface area (Å²) in [6, 6.07) is 11.9. The van der Waals surface area contributed by atoms with E-state index in [4.69, 9.17) is 0 Å². The number of rotatable bonds is 1. The molecule has 2 aromatic carbocycles. The highest BCUT2D eigenvalue weighted by Crippen LogP contribution is 2.46. The topological polar surface area (TPSA) is 29.1 Å². The molecule has 0 aromatic heterocycles. The summed E-state index contributed by atoms with van der Waals surface area (Å²) >= 11 is 4.84. The number of thioether (sulfide) groups is 1. The molecule has 1 unspecified atom stereocenters. The minimum atomic E-state index is -0.419. The molecule has 1 aliphatic rings. The Balaban J connectivity index is 2.00. The molecule has 0 aliphatic carbocycles. The van der Waals surface area contributed by atoms with Gasteiger partial charge >= 0.3 is 0 Å². The van der Waals surface area contributed by atoms with Gasteiger partial charge in [-0.1, -0.05) is 18.2 Å². The van der Waals surface area contributed by atoms with Crippen LogP contribution in [-0.4, -0.2) is 5.91 Å². The van der Waals surface area contributed by atoms with Gasteiger partial charge in [-0.15, -0.1) is 11.8 Å². The second kappa shape index (κ2) is 4.98. The highest BCUT2D eigenvalue weighted by molar-refractivity contribution is 9.10. The molecule has 1 atom stereocenters. The number of amides is 1. The lowest BCUT2D eigenvalue weighted by atomic mass is 10.1. The fourth-order valence-corrected chi connectivity index (χ4v) is 3.72. The van der Waals surface area contributed by atoms with E-state index in [1.54, 1.807) is 12.1 Å². The Bertz CT molecular complexity index is 662. The van der Waals surface area contributed by atoms with Gasteiger partial charge in [0.05, 0.1) is 5.69 Å². The number of halogens is 2. The van der Waals surface area contributed by atoms with Gasteiger partial charge in [0.1, 0.15) is 11.1 Å². The summed E-state index contributed by atoms with van der Waals surface area (Å²) < 4.78 is 14.1. The SMILES string of the molecule is O=C1Nc2c(Br)cccc2SC1c1cccc(F)c1. The van der Waals surface area contributed by atoms with Crippen LogP contribution >= 0.6 is 27.7 Å². The molecule has 0 saturated heterocycles. The molecule has 3 rings (SSSR count). The van der Waals surface area contributed by atoms with Crippen molar-refractivity contribution in [3.8, 4) is 0 Å². The zero-order valence-corrected chi connectivity index (χ0v) is 12.1. The van der Waals surface area contributed by atoms with Gasteiger partial charge in [0.25, 0.3) is 0 Å². The molecular weight excluding hydrogens is 329 g/mol. The first kappa shape index (κ1) is 12.7. The van der Waals surface area contributed by atoms with E-state index in [1.807, 2.05) is 18.2 Å². The van der Waals surface area contributed by atoms with E-state index in [2.05, 4.69) is 21.2 Å². The summed E-state index contributed by atoms with van der Waals surface area (Å²) in [7, 11) is 0. The Hall–Kier alpha value is -1.33. The number of anilines is 1. The molecule has 5 heteroatoms. The van der Waals surface area contributed by atoms with Crippen LogP contribution in [0, 0.1) is 5.82 Å². The van der Waals surface area contributed by atoms with Crippen LogP contribution in [0.25, 0.3) is 0 Å². The largest absolute Gasteiger partial charge is 0.323 e. The lowest BCUT2D eigenvalue weighted by Gasteiger charge is -2.25. The van der Waals surface area contributed by atoms with Gasteiger partial charge in [-0.3, -0.25) is 4.79 Å². The van der Waals surface area contributed by atoms with Gasteiger partial charge < -0.3 is 5.32 Å². The zero-order valence-electron chi connectivity index (χ0n) is 9.69. The van der Waals surface area contributed by atoms with Crippen molar-refractivity contribution in [1.29, 1.82) is 0 Å². The van der Waals surface area contributed by atoms with Crippen LogP contribution in [0.5, 0.6) is 0 Å². The second-order valence-electron chi connectivity index (χ2n) is 4.16. The summed E-state index contributed by atoms with van der Waals surface area (Å²) in [5.74, 6) is -0.457. The molecule has 96 valence electrons. The van der Waals surface area contributed by atoms with Crippen LogP contribution < -0.4 is 5.32 Å². The molecule has 1 aliphatic heterocycles. The summed E-state index contributed by atoms with van der Waals surface area (Å²) in [4.78, 5) is 13.1. The molecule has 1 amide bonds. The maximum atomic E-state index is 13.3. The van der Waals surface area contributed by atoms with Gasteiger partial charge in [-0.05, 0) is 45.8 Å². The van der Waals surface area contributed by atoms with Gasteiger partial charge in [-0.25, -0.2) is 4.39 Å². The highest BCUT2D eigenvalue weighted by Gasteiger charge is 2.29. The molecule has 2 nitrogen and oxygen atoms in total. The number of para-hydroxylation sites is 1. The third-order valence-corrected chi connectivity index (χ3v) is 4.83. The summed E-state index contributed by atoms with van der Waals surface area (Å²) in [6.07, 6.45) is 0. The minimum Gasteiger partial charge on any atom is -0.323 e. The number of benzene rings is 2. The number of carbonyl (C=O) groups is 1. The number of nitrogens with one attached hydrogen (secondary N) is 1. The van der Waals surface area contributed by atoms with Crippen LogP contribution in [0.15, 0.2) is 51.8 Å². The van der Waals surface area contributed by atoms with E-state index in [-0.39, 0.29) is 11.7 Å². The number of hydrogen-bond acceptors (Lipinski definition) is 2. The van der Waals surface area contributed by atoms with E-state index < -0.39 is 5.25 Å². The predicted octanol–water partition coefficient (Wildman–Crippen LogP) is 4.37. The third-order valence-electron chi connectivity index (χ3n) is 2.86. The normalized spacial score (nSPS) is 17.8. The maximum absolute atomic E-state index is 13.3. The van der Waals surface area contributed by atoms with Crippen molar-refractivity contribution < 1.29 is 9.18 Å². The Labute approximate surface area is 122 Å². The van der Waals surface area contributed by atoms with Crippen LogP contribution in [0.3, 0.4) is 0 Å². The van der Waals surface area contributed by atoms with E-state index in [9.17, 15) is 9.18 Å². The number of carbonyl (C=O) groups excluding carboxylic acids is 1. The molecule has 0 bridgehead atoms. The van der Waals surface area contributed by atoms with E-state index >= 15 is 0 Å². The van der Waals surface area contributed by atoms with Gasteiger partial charge in [0, 0.05) is 9.37 Å². The van der Waals surface area contributed by atoms with Crippen LogP contribution in [0.2, 0.25) is 0 Å². The molecule has 0 radical (unpaired) electrons. The Morgan fingerprint density at radius 2 is 2.00 bits per heavy atom. The van der Waals surface area contributed by atoms with Crippen molar-refractivity contribution in [2.75, 3.05) is 5.32 Å². The molecule has 19 heavy (non-hydrogen) atoms. The first-order chi connectivity index (χ1) is 9.15. The van der Waals surface area contributed by atoms with Gasteiger partial charge in [0.2, 0.25) is 5.91 Å². The van der Waals surface area contributed by atoms with Crippen molar-refractivity contribution in [3.05, 3.63) is 58.3 Å². The fourth-order valence-electron chi connectivity index (χ4n) is 1.98. The Morgan fingerprint density at radius 3 is 2.79 bits per heavy atom. The molecule has 1 heterocycles. The average Bonchev–Trinajstić information content (AvgIpc) is 2.39. The predicted molar refractivity (Wildman–Crippen MR) is 77.8 cm³/mol. The third kappa shape index (κ3) is 2.40. The van der Waals surface area contributed by atoms with E-state index in [0.29, 0.717) is 5.56 Å². The lowest BCUT2D eigenvalue weighted by molar-refractivity contribution is -0.115. The van der Waals surface area contributed by atoms with Crippen LogP contribution in [-0.2, 0) is 4.79 Å². The molecule has 0 fully saturated rings. The van der Waals surface area contributed by atoms with E-state index in [0.717, 1.165) is 15.1 Å². The van der Waals surface area contributed by atoms with E-state index in [1.165, 1.54) is 23.9 Å². The minimum absolute atomic E-state index is 0.130. The molecule has 0 spiro atoms. The number of hydrogen-bond donors (Lipinski definition) is 1. The van der Waals surface area contributed by atoms with Crippen molar-refractivity contribution in [3.63, 3.8) is 0 Å². The highest BCUT2D eigenvalue weighted by atomic mass is 79.9. The lowest BCUT2D eigenvalue weighted by Crippen LogP contribution is -2.23. The van der Waals surface area contributed by atoms with Crippen molar-refractivity contribution >= 4 is 39.3 Å². The van der Waals surface area contributed by atoms with Gasteiger partial charge in [-0.2, -0.15) is 0 Å². The van der Waals surface area contributed by atoms with Crippen molar-refractivity contribution in [2.24, 2.45) is 0 Å². The maximum Gasteiger partial charge on any atom is 0.242 e. The summed E-state index contributed by atoms with van der Waals surface area (Å²) in [5, 5.41) is 2.45. The molecule has 0 saturated carbocycles. The smallest absolute Gasteiger partial charge is 0.242 e. The first-order valence-electron chi connectivity index (χ1n) is 5.66.